The Morgan fingerprint density at radius 3 is 3.09 bits per heavy atom. The Kier molecular flexibility index (Phi) is 6.83. The van der Waals surface area contributed by atoms with Crippen molar-refractivity contribution < 1.29 is 14.3 Å². The molecule has 1 fully saturated rings. The van der Waals surface area contributed by atoms with E-state index < -0.39 is 0 Å². The third kappa shape index (κ3) is 5.82. The highest BCUT2D eigenvalue weighted by molar-refractivity contribution is 5.81. The molecule has 2 rings (SSSR count). The molecule has 1 amide bonds. The molecule has 0 aromatic heterocycles. The van der Waals surface area contributed by atoms with Gasteiger partial charge in [0.2, 0.25) is 5.91 Å². The van der Waals surface area contributed by atoms with Crippen LogP contribution in [0.5, 0.6) is 5.75 Å². The van der Waals surface area contributed by atoms with Crippen LogP contribution in [0.2, 0.25) is 0 Å². The first-order valence-corrected chi connectivity index (χ1v) is 8.02. The molecule has 0 spiro atoms. The number of carbonyl (C=O) groups is 1. The first-order chi connectivity index (χ1) is 11.1. The first-order valence-electron chi connectivity index (χ1n) is 8.02. The molecule has 1 aliphatic rings. The van der Waals surface area contributed by atoms with E-state index in [1.165, 1.54) is 0 Å². The molecule has 0 radical (unpaired) electrons. The molecule has 1 heterocycles. The van der Waals surface area contributed by atoms with Gasteiger partial charge in [0.05, 0.1) is 25.9 Å². The van der Waals surface area contributed by atoms with Crippen molar-refractivity contribution in [3.05, 3.63) is 29.8 Å². The van der Waals surface area contributed by atoms with E-state index in [9.17, 15) is 4.79 Å². The van der Waals surface area contributed by atoms with Crippen LogP contribution in [-0.4, -0.2) is 63.4 Å². The van der Waals surface area contributed by atoms with Crippen LogP contribution in [0.3, 0.4) is 0 Å². The molecule has 0 unspecified atom stereocenters. The van der Waals surface area contributed by atoms with Crippen molar-refractivity contribution in [2.75, 3.05) is 40.4 Å². The normalized spacial score (nSPS) is 20.0. The van der Waals surface area contributed by atoms with Gasteiger partial charge in [-0.05, 0) is 31.7 Å². The Morgan fingerprint density at radius 1 is 1.52 bits per heavy atom. The summed E-state index contributed by atoms with van der Waals surface area (Å²) >= 11 is 0. The van der Waals surface area contributed by atoms with Gasteiger partial charge >= 0.3 is 0 Å². The molecular formula is C17H27N3O3. The summed E-state index contributed by atoms with van der Waals surface area (Å²) in [4.78, 5) is 14.4. The van der Waals surface area contributed by atoms with E-state index in [2.05, 4.69) is 22.6 Å². The maximum absolute atomic E-state index is 12.2. The lowest BCUT2D eigenvalue weighted by Crippen LogP contribution is -2.49. The van der Waals surface area contributed by atoms with Gasteiger partial charge in [-0.2, -0.15) is 0 Å². The van der Waals surface area contributed by atoms with Gasteiger partial charge in [0.25, 0.3) is 0 Å². The lowest BCUT2D eigenvalue weighted by Gasteiger charge is -2.30. The summed E-state index contributed by atoms with van der Waals surface area (Å²) in [6.07, 6.45) is 0.141. The highest BCUT2D eigenvalue weighted by Crippen LogP contribution is 2.12. The number of methoxy groups -OCH3 is 1. The van der Waals surface area contributed by atoms with Crippen molar-refractivity contribution >= 4 is 5.91 Å². The van der Waals surface area contributed by atoms with E-state index in [4.69, 9.17) is 9.47 Å². The van der Waals surface area contributed by atoms with E-state index in [-0.39, 0.29) is 18.1 Å². The Hall–Kier alpha value is -1.63. The average Bonchev–Trinajstić information content (AvgIpc) is 2.57. The van der Waals surface area contributed by atoms with Gasteiger partial charge in [-0.3, -0.25) is 4.79 Å². The quantitative estimate of drug-likeness (QED) is 0.771. The summed E-state index contributed by atoms with van der Waals surface area (Å²) in [6.45, 7) is 5.65. The summed E-state index contributed by atoms with van der Waals surface area (Å²) in [7, 11) is 3.72. The summed E-state index contributed by atoms with van der Waals surface area (Å²) in [5.74, 6) is 0.776. The van der Waals surface area contributed by atoms with Gasteiger partial charge in [0, 0.05) is 26.2 Å². The van der Waals surface area contributed by atoms with Crippen molar-refractivity contribution in [2.45, 2.75) is 25.6 Å². The predicted molar refractivity (Wildman–Crippen MR) is 89.5 cm³/mol. The number of carbonyl (C=O) groups excluding carboxylic acids is 1. The third-order valence-corrected chi connectivity index (χ3v) is 3.99. The Bertz CT molecular complexity index is 510. The minimum absolute atomic E-state index is 0.0167. The molecule has 0 saturated carbocycles. The fourth-order valence-electron chi connectivity index (χ4n) is 2.52. The van der Waals surface area contributed by atoms with Crippen LogP contribution in [0.15, 0.2) is 24.3 Å². The first kappa shape index (κ1) is 17.7. The summed E-state index contributed by atoms with van der Waals surface area (Å²) in [5.41, 5.74) is 1.02. The number of nitrogens with zero attached hydrogens (tertiary/aromatic N) is 1. The number of rotatable bonds is 7. The standard InChI is InChI=1S/C17H27N3O3/c1-13(18-11-16-12-20(2)7-8-23-16)17(21)19-10-14-5-4-6-15(9-14)22-3/h4-6,9,13,16,18H,7-8,10-12H2,1-3H3,(H,19,21)/t13-,16+/m1/s1. The maximum Gasteiger partial charge on any atom is 0.237 e. The molecule has 6 heteroatoms. The molecule has 2 N–H and O–H groups in total. The van der Waals surface area contributed by atoms with Crippen molar-refractivity contribution in [3.8, 4) is 5.75 Å². The van der Waals surface area contributed by atoms with Gasteiger partial charge in [-0.25, -0.2) is 0 Å². The summed E-state index contributed by atoms with van der Waals surface area (Å²) < 4.78 is 10.9. The fourth-order valence-corrected chi connectivity index (χ4v) is 2.52. The van der Waals surface area contributed by atoms with Gasteiger partial charge in [-0.1, -0.05) is 12.1 Å². The number of amides is 1. The molecule has 1 saturated heterocycles. The largest absolute Gasteiger partial charge is 0.497 e. The topological polar surface area (TPSA) is 62.8 Å². The zero-order valence-corrected chi connectivity index (χ0v) is 14.2. The van der Waals surface area contributed by atoms with E-state index in [0.717, 1.165) is 31.0 Å². The summed E-state index contributed by atoms with van der Waals surface area (Å²) in [6, 6.07) is 7.43. The number of likely N-dealkylation sites (N-methyl/N-ethyl adjacent to an activating group) is 1. The Balaban J connectivity index is 1.71. The maximum atomic E-state index is 12.2. The Labute approximate surface area is 138 Å². The predicted octanol–water partition coefficient (Wildman–Crippen LogP) is 0.620. The molecule has 0 aliphatic carbocycles. The van der Waals surface area contributed by atoms with Crippen LogP contribution in [0, 0.1) is 0 Å². The molecule has 0 bridgehead atoms. The average molecular weight is 321 g/mol. The number of benzene rings is 1. The van der Waals surface area contributed by atoms with Gasteiger partial charge in [0.15, 0.2) is 0 Å². The van der Waals surface area contributed by atoms with Crippen LogP contribution in [0.25, 0.3) is 0 Å². The van der Waals surface area contributed by atoms with Crippen LogP contribution in [0.1, 0.15) is 12.5 Å². The lowest BCUT2D eigenvalue weighted by atomic mass is 10.2. The second-order valence-corrected chi connectivity index (χ2v) is 5.95. The van der Waals surface area contributed by atoms with E-state index in [0.29, 0.717) is 13.1 Å². The fraction of sp³-hybridized carbons (Fsp3) is 0.588. The number of hydrogen-bond acceptors (Lipinski definition) is 5. The second-order valence-electron chi connectivity index (χ2n) is 5.95. The molecule has 23 heavy (non-hydrogen) atoms. The third-order valence-electron chi connectivity index (χ3n) is 3.99. The van der Waals surface area contributed by atoms with E-state index >= 15 is 0 Å². The van der Waals surface area contributed by atoms with Crippen LogP contribution < -0.4 is 15.4 Å². The van der Waals surface area contributed by atoms with E-state index in [1.807, 2.05) is 31.2 Å². The van der Waals surface area contributed by atoms with Gasteiger partial charge < -0.3 is 25.0 Å². The molecule has 2 atom stereocenters. The molecular weight excluding hydrogens is 294 g/mol. The highest BCUT2D eigenvalue weighted by atomic mass is 16.5. The monoisotopic (exact) mass is 321 g/mol. The van der Waals surface area contributed by atoms with Crippen LogP contribution in [0.4, 0.5) is 0 Å². The smallest absolute Gasteiger partial charge is 0.237 e. The second kappa shape index (κ2) is 8.86. The zero-order valence-electron chi connectivity index (χ0n) is 14.2. The Morgan fingerprint density at radius 2 is 2.35 bits per heavy atom. The lowest BCUT2D eigenvalue weighted by molar-refractivity contribution is -0.123. The molecule has 128 valence electrons. The number of hydrogen-bond donors (Lipinski definition) is 2. The van der Waals surface area contributed by atoms with Crippen molar-refractivity contribution in [2.24, 2.45) is 0 Å². The zero-order chi connectivity index (χ0) is 16.7. The number of nitrogens with one attached hydrogen (secondary N) is 2. The van der Waals surface area contributed by atoms with E-state index in [1.54, 1.807) is 7.11 Å². The van der Waals surface area contributed by atoms with Crippen molar-refractivity contribution in [3.63, 3.8) is 0 Å². The van der Waals surface area contributed by atoms with Gasteiger partial charge in [0.1, 0.15) is 5.75 Å². The molecule has 1 aromatic carbocycles. The minimum Gasteiger partial charge on any atom is -0.497 e. The van der Waals surface area contributed by atoms with Crippen LogP contribution in [-0.2, 0) is 16.1 Å². The SMILES string of the molecule is COc1cccc(CNC(=O)[C@@H](C)NC[C@H]2CN(C)CCO2)c1. The van der Waals surface area contributed by atoms with Gasteiger partial charge in [-0.15, -0.1) is 0 Å². The highest BCUT2D eigenvalue weighted by Gasteiger charge is 2.19. The number of ether oxygens (including phenoxy) is 2. The van der Waals surface area contributed by atoms with Crippen molar-refractivity contribution in [1.82, 2.24) is 15.5 Å². The van der Waals surface area contributed by atoms with Crippen LogP contribution >= 0.6 is 0 Å². The number of morpholine rings is 1. The van der Waals surface area contributed by atoms with Crippen molar-refractivity contribution in [1.29, 1.82) is 0 Å². The summed E-state index contributed by atoms with van der Waals surface area (Å²) in [5, 5.41) is 6.18. The molecule has 1 aromatic rings. The molecule has 6 nitrogen and oxygen atoms in total. The molecule has 1 aliphatic heterocycles. The minimum atomic E-state index is -0.253.